The molecule has 2 fully saturated rings. The number of benzene rings is 2. The molecule has 8 atom stereocenters. The molecular weight excluding hydrogens is 680 g/mol. The molecule has 14 nitrogen and oxygen atoms in total. The lowest BCUT2D eigenvalue weighted by Crippen LogP contribution is -2.78. The molecular formula is C38H46O14. The Balaban J connectivity index is 1.56. The topological polar surface area (TPSA) is 223 Å². The maximum Gasteiger partial charge on any atom is 0.344 e. The lowest BCUT2D eigenvalue weighted by Gasteiger charge is -2.48. The van der Waals surface area contributed by atoms with Gasteiger partial charge in [-0.05, 0) is 48.8 Å². The number of aryl methyl sites for hydroxylation is 1. The number of carbonyl (C=O) groups is 5. The van der Waals surface area contributed by atoms with E-state index in [4.69, 9.17) is 18.9 Å². The molecule has 2 aromatic rings. The lowest BCUT2D eigenvalue weighted by molar-refractivity contribution is -0.374. The number of ether oxygens (including phenoxy) is 4. The van der Waals surface area contributed by atoms with Crippen LogP contribution in [0.3, 0.4) is 0 Å². The largest absolute Gasteiger partial charge is 0.479 e. The molecule has 0 amide bonds. The van der Waals surface area contributed by atoms with E-state index in [0.717, 1.165) is 30.4 Å². The quantitative estimate of drug-likeness (QED) is 0.0795. The van der Waals surface area contributed by atoms with Gasteiger partial charge in [0.1, 0.15) is 12.2 Å². The van der Waals surface area contributed by atoms with Crippen LogP contribution in [-0.2, 0) is 55.8 Å². The first kappa shape index (κ1) is 40.1. The van der Waals surface area contributed by atoms with Gasteiger partial charge in [-0.2, -0.15) is 0 Å². The molecule has 5 N–H and O–H groups in total. The third-order valence-electron chi connectivity index (χ3n) is 9.71. The van der Waals surface area contributed by atoms with E-state index in [0.29, 0.717) is 19.3 Å². The molecule has 0 radical (unpaired) electrons. The fraction of sp³-hybridized carbons (Fsp3) is 0.500. The first-order valence-electron chi connectivity index (χ1n) is 17.2. The van der Waals surface area contributed by atoms with Gasteiger partial charge in [-0.25, -0.2) is 14.4 Å². The number of aliphatic hydroxyl groups is 2. The summed E-state index contributed by atoms with van der Waals surface area (Å²) in [6.07, 6.45) is -5.69. The number of unbranched alkanes of at least 4 members (excludes halogenated alkanes) is 3. The molecule has 2 aliphatic heterocycles. The molecule has 0 saturated carbocycles. The number of carboxylic acids is 3. The second-order valence-corrected chi connectivity index (χ2v) is 13.5. The van der Waals surface area contributed by atoms with Gasteiger partial charge >= 0.3 is 29.8 Å². The van der Waals surface area contributed by atoms with Gasteiger partial charge in [0.15, 0.2) is 6.10 Å². The maximum atomic E-state index is 13.1. The summed E-state index contributed by atoms with van der Waals surface area (Å²) in [5, 5.41) is 53.7. The number of aliphatic carboxylic acids is 3. The molecule has 2 aromatic carbocycles. The fourth-order valence-corrected chi connectivity index (χ4v) is 7.09. The van der Waals surface area contributed by atoms with Crippen LogP contribution in [-0.4, -0.2) is 96.8 Å². The standard InChI is InChI=1S/C38H46O14/c1-23(29(49-25(3)39)24(2)22-27-17-11-7-12-18-27)20-21-36-30(41)31(50-28(40)19-13-5-4-8-14-26-15-9-6-10-16-26)38(52-36,35(46)47)37(48,34(44)45)32(51-36)33(42)43/h6-7,9-12,15-18,24,29-32,41,48H,1,4-5,8,13-14,19-22H2,2-3H3,(H,42,43)(H,44,45)(H,46,47)/t24-,29-,30-,31-,32-,36+,37-,38+/m1/s1. The van der Waals surface area contributed by atoms with Gasteiger partial charge in [-0.15, -0.1) is 0 Å². The average Bonchev–Trinajstić information content (AvgIpc) is 3.31. The third-order valence-corrected chi connectivity index (χ3v) is 9.71. The van der Waals surface area contributed by atoms with Crippen LogP contribution in [0, 0.1) is 5.92 Å². The van der Waals surface area contributed by atoms with Crippen molar-refractivity contribution in [2.75, 3.05) is 0 Å². The number of carboxylic acid groups (broad SMARTS) is 3. The molecule has 0 aromatic heterocycles. The number of rotatable bonds is 19. The van der Waals surface area contributed by atoms with E-state index in [1.807, 2.05) is 67.6 Å². The highest BCUT2D eigenvalue weighted by molar-refractivity contribution is 5.98. The number of hydrogen-bond donors (Lipinski definition) is 5. The van der Waals surface area contributed by atoms with E-state index < -0.39 is 77.7 Å². The summed E-state index contributed by atoms with van der Waals surface area (Å²) >= 11 is 0. The Bertz CT molecular complexity index is 1610. The number of aliphatic hydroxyl groups excluding tert-OH is 1. The monoisotopic (exact) mass is 726 g/mol. The van der Waals surface area contributed by atoms with Crippen molar-refractivity contribution in [3.8, 4) is 0 Å². The van der Waals surface area contributed by atoms with E-state index >= 15 is 0 Å². The molecule has 0 aliphatic carbocycles. The molecule has 2 aliphatic rings. The van der Waals surface area contributed by atoms with E-state index in [9.17, 15) is 49.5 Å². The van der Waals surface area contributed by atoms with E-state index in [2.05, 4.69) is 6.58 Å². The van der Waals surface area contributed by atoms with Gasteiger partial charge in [0.05, 0.1) is 0 Å². The van der Waals surface area contributed by atoms with Crippen molar-refractivity contribution >= 4 is 29.8 Å². The molecule has 2 heterocycles. The number of fused-ring (bicyclic) bond motifs is 2. The molecule has 52 heavy (non-hydrogen) atoms. The van der Waals surface area contributed by atoms with Gasteiger partial charge in [-0.1, -0.05) is 87.0 Å². The first-order valence-corrected chi connectivity index (χ1v) is 17.2. The van der Waals surface area contributed by atoms with Crippen LogP contribution < -0.4 is 0 Å². The van der Waals surface area contributed by atoms with Crippen LogP contribution in [0.15, 0.2) is 72.8 Å². The minimum Gasteiger partial charge on any atom is -0.479 e. The summed E-state index contributed by atoms with van der Waals surface area (Å²) in [6.45, 7) is 7.05. The summed E-state index contributed by atoms with van der Waals surface area (Å²) in [4.78, 5) is 63.2. The first-order chi connectivity index (χ1) is 24.6. The predicted molar refractivity (Wildman–Crippen MR) is 182 cm³/mol. The van der Waals surface area contributed by atoms with Crippen molar-refractivity contribution in [2.45, 2.75) is 113 Å². The van der Waals surface area contributed by atoms with Crippen LogP contribution in [0.1, 0.15) is 69.9 Å². The Labute approximate surface area is 301 Å². The van der Waals surface area contributed by atoms with Crippen molar-refractivity contribution in [1.29, 1.82) is 0 Å². The van der Waals surface area contributed by atoms with Crippen LogP contribution >= 0.6 is 0 Å². The molecule has 4 rings (SSSR count). The zero-order valence-corrected chi connectivity index (χ0v) is 29.1. The molecule has 2 saturated heterocycles. The third kappa shape index (κ3) is 8.20. The second-order valence-electron chi connectivity index (χ2n) is 13.5. The van der Waals surface area contributed by atoms with Gasteiger partial charge in [0.25, 0.3) is 0 Å². The Kier molecular flexibility index (Phi) is 13.0. The Morgan fingerprint density at radius 2 is 1.46 bits per heavy atom. The molecule has 0 unspecified atom stereocenters. The highest BCUT2D eigenvalue weighted by Crippen LogP contribution is 2.56. The normalized spacial score (nSPS) is 27.6. The van der Waals surface area contributed by atoms with Crippen molar-refractivity contribution in [1.82, 2.24) is 0 Å². The zero-order valence-electron chi connectivity index (χ0n) is 29.1. The SMILES string of the molecule is C=C(CC[C@]12O[C@H](C(=O)O)[C@@](O)(C(=O)O)[C@](C(=O)O)(O1)[C@H](OC(=O)CCCCCCc1ccccc1)[C@H]2O)[C@@H](OC(C)=O)[C@H](C)Cc1ccccc1. The minimum absolute atomic E-state index is 0.231. The van der Waals surface area contributed by atoms with Gasteiger partial charge < -0.3 is 44.5 Å². The molecule has 282 valence electrons. The van der Waals surface area contributed by atoms with Crippen molar-refractivity contribution in [3.63, 3.8) is 0 Å². The summed E-state index contributed by atoms with van der Waals surface area (Å²) in [7, 11) is 0. The zero-order chi connectivity index (χ0) is 38.3. The predicted octanol–water partition coefficient (Wildman–Crippen LogP) is 3.45. The smallest absolute Gasteiger partial charge is 0.344 e. The summed E-state index contributed by atoms with van der Waals surface area (Å²) in [6, 6.07) is 19.1. The van der Waals surface area contributed by atoms with Crippen molar-refractivity contribution in [2.24, 2.45) is 5.92 Å². The molecule has 14 heteroatoms. The Morgan fingerprint density at radius 1 is 0.865 bits per heavy atom. The van der Waals surface area contributed by atoms with E-state index in [-0.39, 0.29) is 24.3 Å². The van der Waals surface area contributed by atoms with Crippen LogP contribution in [0.4, 0.5) is 0 Å². The Hall–Kier alpha value is -4.63. The Morgan fingerprint density at radius 3 is 2.02 bits per heavy atom. The number of hydrogen-bond acceptors (Lipinski definition) is 11. The van der Waals surface area contributed by atoms with Crippen LogP contribution in [0.5, 0.6) is 0 Å². The van der Waals surface area contributed by atoms with Gasteiger partial charge in [0, 0.05) is 25.7 Å². The fourth-order valence-electron chi connectivity index (χ4n) is 7.09. The van der Waals surface area contributed by atoms with Gasteiger partial charge in [0.2, 0.25) is 23.1 Å². The molecule has 2 bridgehead atoms. The van der Waals surface area contributed by atoms with Crippen LogP contribution in [0.2, 0.25) is 0 Å². The highest BCUT2D eigenvalue weighted by Gasteiger charge is 2.85. The summed E-state index contributed by atoms with van der Waals surface area (Å²) < 4.78 is 22.2. The highest BCUT2D eigenvalue weighted by atomic mass is 16.8. The van der Waals surface area contributed by atoms with E-state index in [1.54, 1.807) is 0 Å². The summed E-state index contributed by atoms with van der Waals surface area (Å²) in [5.41, 5.74) is -5.05. The van der Waals surface area contributed by atoms with Gasteiger partial charge in [-0.3, -0.25) is 9.59 Å². The van der Waals surface area contributed by atoms with Crippen molar-refractivity contribution in [3.05, 3.63) is 83.9 Å². The maximum absolute atomic E-state index is 13.1. The average molecular weight is 727 g/mol. The number of esters is 2. The van der Waals surface area contributed by atoms with Crippen molar-refractivity contribution < 1.29 is 68.5 Å². The minimum atomic E-state index is -3.88. The summed E-state index contributed by atoms with van der Waals surface area (Å²) in [5.74, 6) is -11.3. The van der Waals surface area contributed by atoms with E-state index in [1.165, 1.54) is 6.92 Å². The molecule has 0 spiro atoms. The second kappa shape index (κ2) is 16.8. The van der Waals surface area contributed by atoms with Crippen LogP contribution in [0.25, 0.3) is 0 Å². The number of carbonyl (C=O) groups excluding carboxylic acids is 2. The lowest BCUT2D eigenvalue weighted by atomic mass is 9.74.